The molecule has 11 nitrogen and oxygen atoms in total. The lowest BCUT2D eigenvalue weighted by Gasteiger charge is -2.20. The highest BCUT2D eigenvalue weighted by Gasteiger charge is 2.22. The molecule has 0 aliphatic carbocycles. The first kappa shape index (κ1) is 19.7. The fourth-order valence-corrected chi connectivity index (χ4v) is 2.44. The monoisotopic (exact) mass is 378 g/mol. The van der Waals surface area contributed by atoms with Crippen molar-refractivity contribution in [3.63, 3.8) is 0 Å². The number of nitrogens with zero attached hydrogens (tertiary/aromatic N) is 3. The maximum absolute atomic E-state index is 12.3. The summed E-state index contributed by atoms with van der Waals surface area (Å²) in [5.41, 5.74) is 0.210. The predicted molar refractivity (Wildman–Crippen MR) is 91.6 cm³/mol. The number of hydrogen-bond donors (Lipinski definition) is 2. The van der Waals surface area contributed by atoms with Gasteiger partial charge in [0, 0.05) is 11.6 Å². The van der Waals surface area contributed by atoms with Crippen molar-refractivity contribution in [3.8, 4) is 11.5 Å². The normalized spacial score (nSPS) is 11.5. The number of carbonyl (C=O) groups excluding carboxylic acids is 1. The van der Waals surface area contributed by atoms with Gasteiger partial charge < -0.3 is 19.9 Å². The van der Waals surface area contributed by atoms with E-state index in [9.17, 15) is 19.7 Å². The highest BCUT2D eigenvalue weighted by atomic mass is 16.6. The average Bonchev–Trinajstić information content (AvgIpc) is 3.08. The number of aromatic nitrogens is 2. The van der Waals surface area contributed by atoms with Gasteiger partial charge in [0.15, 0.2) is 0 Å². The third-order valence-electron chi connectivity index (χ3n) is 3.67. The predicted octanol–water partition coefficient (Wildman–Crippen LogP) is 1.14. The number of benzene rings is 1. The molecule has 0 aliphatic heterocycles. The van der Waals surface area contributed by atoms with E-state index in [2.05, 4.69) is 10.4 Å². The molecule has 0 saturated heterocycles. The molecule has 1 atom stereocenters. The Morgan fingerprint density at radius 3 is 2.67 bits per heavy atom. The Balaban J connectivity index is 2.19. The Bertz CT molecular complexity index is 849. The molecule has 0 aliphatic rings. The molecule has 0 radical (unpaired) electrons. The zero-order valence-electron chi connectivity index (χ0n) is 14.6. The molecule has 1 aromatic carbocycles. The van der Waals surface area contributed by atoms with E-state index in [1.807, 2.05) is 0 Å². The average molecular weight is 378 g/mol. The van der Waals surface area contributed by atoms with Gasteiger partial charge in [0.25, 0.3) is 0 Å². The molecule has 1 amide bonds. The van der Waals surface area contributed by atoms with E-state index in [4.69, 9.17) is 14.6 Å². The SMILES string of the molecule is COc1ccc(C(CC(=O)O)NC(=O)Cn2cc([N+](=O)[O-])cn2)c(OC)c1. The first-order valence-corrected chi connectivity index (χ1v) is 7.74. The van der Waals surface area contributed by atoms with Crippen LogP contribution < -0.4 is 14.8 Å². The van der Waals surface area contributed by atoms with Crippen molar-refractivity contribution >= 4 is 17.6 Å². The van der Waals surface area contributed by atoms with E-state index in [1.165, 1.54) is 14.2 Å². The number of rotatable bonds is 9. The molecule has 0 saturated carbocycles. The fraction of sp³-hybridized carbons (Fsp3) is 0.312. The lowest BCUT2D eigenvalue weighted by Crippen LogP contribution is -2.33. The lowest BCUT2D eigenvalue weighted by molar-refractivity contribution is -0.385. The van der Waals surface area contributed by atoms with Crippen LogP contribution in [0.25, 0.3) is 0 Å². The van der Waals surface area contributed by atoms with Gasteiger partial charge >= 0.3 is 11.7 Å². The molecular weight excluding hydrogens is 360 g/mol. The van der Waals surface area contributed by atoms with Crippen molar-refractivity contribution < 1.29 is 29.1 Å². The molecular formula is C16H18N4O7. The van der Waals surface area contributed by atoms with E-state index in [0.717, 1.165) is 17.1 Å². The van der Waals surface area contributed by atoms with Crippen LogP contribution in [0.15, 0.2) is 30.6 Å². The molecule has 2 rings (SSSR count). The van der Waals surface area contributed by atoms with Gasteiger partial charge in [-0.25, -0.2) is 0 Å². The summed E-state index contributed by atoms with van der Waals surface area (Å²) < 4.78 is 11.5. The molecule has 0 bridgehead atoms. The van der Waals surface area contributed by atoms with E-state index >= 15 is 0 Å². The van der Waals surface area contributed by atoms with E-state index in [1.54, 1.807) is 18.2 Å². The lowest BCUT2D eigenvalue weighted by atomic mass is 10.0. The standard InChI is InChI=1S/C16H18N4O7/c1-26-11-3-4-12(14(5-11)27-2)13(6-16(22)23)18-15(21)9-19-8-10(7-17-19)20(24)25/h3-5,7-8,13H,6,9H2,1-2H3,(H,18,21)(H,22,23). The van der Waals surface area contributed by atoms with Gasteiger partial charge in [0.1, 0.15) is 30.4 Å². The zero-order chi connectivity index (χ0) is 20.0. The van der Waals surface area contributed by atoms with Gasteiger partial charge in [-0.1, -0.05) is 0 Å². The van der Waals surface area contributed by atoms with Crippen LogP contribution >= 0.6 is 0 Å². The van der Waals surface area contributed by atoms with Crippen LogP contribution in [0.4, 0.5) is 5.69 Å². The van der Waals surface area contributed by atoms with Crippen molar-refractivity contribution in [2.75, 3.05) is 14.2 Å². The number of nitrogens with one attached hydrogen (secondary N) is 1. The first-order valence-electron chi connectivity index (χ1n) is 7.74. The molecule has 0 spiro atoms. The molecule has 2 N–H and O–H groups in total. The molecule has 0 fully saturated rings. The van der Waals surface area contributed by atoms with Crippen LogP contribution in [-0.2, 0) is 16.1 Å². The van der Waals surface area contributed by atoms with E-state index in [0.29, 0.717) is 17.1 Å². The van der Waals surface area contributed by atoms with Crippen molar-refractivity contribution in [2.24, 2.45) is 0 Å². The van der Waals surface area contributed by atoms with Gasteiger partial charge in [-0.05, 0) is 12.1 Å². The number of hydrogen-bond acceptors (Lipinski definition) is 7. The molecule has 144 valence electrons. The summed E-state index contributed by atoms with van der Waals surface area (Å²) in [5.74, 6) is -0.805. The second kappa shape index (κ2) is 8.65. The minimum Gasteiger partial charge on any atom is -0.497 e. The van der Waals surface area contributed by atoms with E-state index in [-0.39, 0.29) is 18.7 Å². The summed E-state index contributed by atoms with van der Waals surface area (Å²) in [4.78, 5) is 33.5. The number of methoxy groups -OCH3 is 2. The molecule has 1 heterocycles. The minimum absolute atomic E-state index is 0.248. The molecule has 2 aromatic rings. The molecule has 27 heavy (non-hydrogen) atoms. The van der Waals surface area contributed by atoms with Crippen molar-refractivity contribution in [1.82, 2.24) is 15.1 Å². The van der Waals surface area contributed by atoms with Crippen molar-refractivity contribution in [2.45, 2.75) is 19.0 Å². The Kier molecular flexibility index (Phi) is 6.31. The van der Waals surface area contributed by atoms with Crippen molar-refractivity contribution in [1.29, 1.82) is 0 Å². The Labute approximate surface area is 153 Å². The summed E-state index contributed by atoms with van der Waals surface area (Å²) in [6, 6.07) is 3.93. The number of ether oxygens (including phenoxy) is 2. The number of carboxylic acids is 1. The van der Waals surface area contributed by atoms with Crippen molar-refractivity contribution in [3.05, 3.63) is 46.3 Å². The van der Waals surface area contributed by atoms with Gasteiger partial charge in [0.2, 0.25) is 5.91 Å². The Morgan fingerprint density at radius 1 is 1.37 bits per heavy atom. The van der Waals surface area contributed by atoms with Gasteiger partial charge in [-0.15, -0.1) is 0 Å². The maximum Gasteiger partial charge on any atom is 0.307 e. The third-order valence-corrected chi connectivity index (χ3v) is 3.67. The van der Waals surface area contributed by atoms with Crippen LogP contribution in [0.2, 0.25) is 0 Å². The molecule has 11 heteroatoms. The van der Waals surface area contributed by atoms with E-state index < -0.39 is 22.8 Å². The first-order chi connectivity index (χ1) is 12.8. The van der Waals surface area contributed by atoms with Gasteiger partial charge in [-0.2, -0.15) is 5.10 Å². The second-order valence-corrected chi connectivity index (χ2v) is 5.48. The highest BCUT2D eigenvalue weighted by molar-refractivity contribution is 5.77. The van der Waals surface area contributed by atoms with Gasteiger partial charge in [-0.3, -0.25) is 24.4 Å². The summed E-state index contributed by atoms with van der Waals surface area (Å²) in [6.45, 7) is -0.303. The number of amides is 1. The number of nitro groups is 1. The smallest absolute Gasteiger partial charge is 0.307 e. The van der Waals surface area contributed by atoms with Crippen LogP contribution in [0.1, 0.15) is 18.0 Å². The highest BCUT2D eigenvalue weighted by Crippen LogP contribution is 2.31. The summed E-state index contributed by atoms with van der Waals surface area (Å²) in [5, 5.41) is 26.2. The number of carboxylic acid groups (broad SMARTS) is 1. The summed E-state index contributed by atoms with van der Waals surface area (Å²) >= 11 is 0. The Hall–Kier alpha value is -3.63. The van der Waals surface area contributed by atoms with Gasteiger partial charge in [0.05, 0.1) is 31.6 Å². The molecule has 1 aromatic heterocycles. The minimum atomic E-state index is -1.12. The fourth-order valence-electron chi connectivity index (χ4n) is 2.44. The topological polar surface area (TPSA) is 146 Å². The Morgan fingerprint density at radius 2 is 2.11 bits per heavy atom. The largest absolute Gasteiger partial charge is 0.497 e. The summed E-state index contributed by atoms with van der Waals surface area (Å²) in [7, 11) is 2.90. The van der Waals surface area contributed by atoms with Crippen LogP contribution in [0.3, 0.4) is 0 Å². The quantitative estimate of drug-likeness (QED) is 0.488. The summed E-state index contributed by atoms with van der Waals surface area (Å²) in [6.07, 6.45) is 1.75. The van der Waals surface area contributed by atoms with Crippen LogP contribution in [0.5, 0.6) is 11.5 Å². The third kappa shape index (κ3) is 5.17. The number of carbonyl (C=O) groups is 2. The zero-order valence-corrected chi connectivity index (χ0v) is 14.6. The maximum atomic E-state index is 12.3. The molecule has 1 unspecified atom stereocenters. The van der Waals surface area contributed by atoms with Crippen LogP contribution in [0, 0.1) is 10.1 Å². The second-order valence-electron chi connectivity index (χ2n) is 5.48. The van der Waals surface area contributed by atoms with Crippen LogP contribution in [-0.4, -0.2) is 45.9 Å². The number of aliphatic carboxylic acids is 1.